The largest absolute Gasteiger partial charge is 0.481 e. The van der Waals surface area contributed by atoms with Gasteiger partial charge in [0, 0.05) is 13.1 Å². The highest BCUT2D eigenvalue weighted by Gasteiger charge is 2.44. The molecule has 1 aromatic carbocycles. The minimum atomic E-state index is -1.17. The maximum Gasteiger partial charge on any atom is 0.305 e. The van der Waals surface area contributed by atoms with Crippen molar-refractivity contribution in [3.63, 3.8) is 0 Å². The van der Waals surface area contributed by atoms with Crippen LogP contribution in [-0.4, -0.2) is 62.0 Å². The molecule has 0 aromatic heterocycles. The number of nitrogens with zero attached hydrogens (tertiary/aromatic N) is 2. The molecule has 0 spiro atoms. The average molecular weight is 364 g/mol. The van der Waals surface area contributed by atoms with Gasteiger partial charge in [-0.2, -0.15) is 0 Å². The number of benzene rings is 1. The van der Waals surface area contributed by atoms with Crippen molar-refractivity contribution in [2.24, 2.45) is 0 Å². The van der Waals surface area contributed by atoms with E-state index in [9.17, 15) is 19.2 Å². The fourth-order valence-corrected chi connectivity index (χ4v) is 2.87. The first kappa shape index (κ1) is 18.5. The number of hydrogen-bond donors (Lipinski definition) is 2. The highest BCUT2D eigenvalue weighted by molar-refractivity contribution is 7.80. The second kappa shape index (κ2) is 7.84. The van der Waals surface area contributed by atoms with E-state index in [4.69, 9.17) is 22.4 Å². The molecule has 8 nitrogen and oxygen atoms in total. The number of carbonyl (C=O) groups is 4. The summed E-state index contributed by atoms with van der Waals surface area (Å²) in [5.74, 6) is -4.60. The SMILES string of the molecule is O=C(O)CCN1C(=O)C(c2ccccc2)C(=O)N(CCC(=O)O)C1=S. The molecule has 2 N–H and O–H groups in total. The van der Waals surface area contributed by atoms with Crippen molar-refractivity contribution in [3.8, 4) is 0 Å². The van der Waals surface area contributed by atoms with Crippen molar-refractivity contribution < 1.29 is 29.4 Å². The quantitative estimate of drug-likeness (QED) is 0.540. The third-order valence-electron chi connectivity index (χ3n) is 3.72. The summed E-state index contributed by atoms with van der Waals surface area (Å²) in [6.07, 6.45) is -0.678. The second-order valence-electron chi connectivity index (χ2n) is 5.39. The van der Waals surface area contributed by atoms with Crippen LogP contribution in [-0.2, 0) is 19.2 Å². The minimum Gasteiger partial charge on any atom is -0.481 e. The normalized spacial score (nSPS) is 15.6. The predicted octanol–water partition coefficient (Wildman–Crippen LogP) is 0.675. The van der Waals surface area contributed by atoms with Crippen molar-refractivity contribution in [2.45, 2.75) is 18.8 Å². The molecular formula is C16H16N2O6S. The summed E-state index contributed by atoms with van der Waals surface area (Å²) in [6.45, 7) is -0.375. The number of hydrogen-bond acceptors (Lipinski definition) is 5. The fourth-order valence-electron chi connectivity index (χ4n) is 2.51. The van der Waals surface area contributed by atoms with Crippen LogP contribution in [0.1, 0.15) is 24.3 Å². The highest BCUT2D eigenvalue weighted by atomic mass is 32.1. The summed E-state index contributed by atoms with van der Waals surface area (Å²) in [6, 6.07) is 8.30. The Bertz CT molecular complexity index is 681. The van der Waals surface area contributed by atoms with Gasteiger partial charge in [-0.1, -0.05) is 30.3 Å². The molecule has 1 heterocycles. The molecule has 1 aliphatic heterocycles. The van der Waals surface area contributed by atoms with Gasteiger partial charge in [0.1, 0.15) is 5.92 Å². The lowest BCUT2D eigenvalue weighted by Gasteiger charge is -2.39. The summed E-state index contributed by atoms with van der Waals surface area (Å²) in [4.78, 5) is 49.2. The predicted molar refractivity (Wildman–Crippen MR) is 89.7 cm³/mol. The average Bonchev–Trinajstić information content (AvgIpc) is 2.55. The number of carboxylic acid groups (broad SMARTS) is 2. The molecule has 0 unspecified atom stereocenters. The molecule has 9 heteroatoms. The van der Waals surface area contributed by atoms with Crippen molar-refractivity contribution in [3.05, 3.63) is 35.9 Å². The van der Waals surface area contributed by atoms with Gasteiger partial charge in [-0.25, -0.2) is 0 Å². The standard InChI is InChI=1S/C16H16N2O6S/c19-11(20)6-8-17-14(23)13(10-4-2-1-3-5-10)15(24)18(16(17)25)9-7-12(21)22/h1-5,13H,6-9H2,(H,19,20)(H,21,22). The van der Waals surface area contributed by atoms with E-state index in [1.807, 2.05) is 0 Å². The molecule has 25 heavy (non-hydrogen) atoms. The minimum absolute atomic E-state index is 0.162. The molecule has 0 bridgehead atoms. The van der Waals surface area contributed by atoms with Crippen molar-refractivity contribution in [2.75, 3.05) is 13.1 Å². The van der Waals surface area contributed by atoms with E-state index in [0.717, 1.165) is 9.80 Å². The molecule has 0 aliphatic carbocycles. The Labute approximate surface area is 148 Å². The van der Waals surface area contributed by atoms with E-state index in [-0.39, 0.29) is 31.0 Å². The van der Waals surface area contributed by atoms with Gasteiger partial charge < -0.3 is 10.2 Å². The first-order chi connectivity index (χ1) is 11.8. The Morgan fingerprint density at radius 3 is 1.76 bits per heavy atom. The molecule has 0 atom stereocenters. The number of carbonyl (C=O) groups excluding carboxylic acids is 2. The molecule has 2 rings (SSSR count). The van der Waals surface area contributed by atoms with Gasteiger partial charge in [0.25, 0.3) is 0 Å². The third-order valence-corrected chi connectivity index (χ3v) is 4.16. The van der Waals surface area contributed by atoms with Crippen LogP contribution in [0.25, 0.3) is 0 Å². The topological polar surface area (TPSA) is 115 Å². The zero-order valence-electron chi connectivity index (χ0n) is 13.1. The summed E-state index contributed by atoms with van der Waals surface area (Å²) < 4.78 is 0. The maximum atomic E-state index is 12.7. The molecule has 0 saturated carbocycles. The number of carboxylic acids is 2. The number of rotatable bonds is 7. The van der Waals surface area contributed by atoms with Crippen molar-refractivity contribution in [1.82, 2.24) is 9.80 Å². The van der Waals surface area contributed by atoms with E-state index in [0.29, 0.717) is 5.56 Å². The van der Waals surface area contributed by atoms with Crippen LogP contribution in [0.15, 0.2) is 30.3 Å². The van der Waals surface area contributed by atoms with Gasteiger partial charge in [0.2, 0.25) is 11.8 Å². The van der Waals surface area contributed by atoms with Crippen molar-refractivity contribution >= 4 is 41.1 Å². The Hall–Kier alpha value is -2.81. The van der Waals surface area contributed by atoms with Crippen LogP contribution in [0, 0.1) is 0 Å². The first-order valence-corrected chi connectivity index (χ1v) is 7.89. The Morgan fingerprint density at radius 1 is 0.920 bits per heavy atom. The van der Waals surface area contributed by atoms with E-state index in [2.05, 4.69) is 0 Å². The van der Waals surface area contributed by atoms with Crippen LogP contribution in [0.4, 0.5) is 0 Å². The van der Waals surface area contributed by atoms with E-state index in [1.165, 1.54) is 0 Å². The number of aliphatic carboxylic acids is 2. The molecule has 1 fully saturated rings. The van der Waals surface area contributed by atoms with Crippen LogP contribution in [0.5, 0.6) is 0 Å². The van der Waals surface area contributed by atoms with Gasteiger partial charge >= 0.3 is 11.9 Å². The Morgan fingerprint density at radius 2 is 1.36 bits per heavy atom. The zero-order valence-corrected chi connectivity index (χ0v) is 13.9. The van der Waals surface area contributed by atoms with Crippen LogP contribution < -0.4 is 0 Å². The molecule has 1 aliphatic rings. The Kier molecular flexibility index (Phi) is 5.81. The molecule has 1 saturated heterocycles. The van der Waals surface area contributed by atoms with Crippen molar-refractivity contribution in [1.29, 1.82) is 0 Å². The fraction of sp³-hybridized carbons (Fsp3) is 0.312. The van der Waals surface area contributed by atoms with Crippen LogP contribution in [0.2, 0.25) is 0 Å². The summed E-state index contributed by atoms with van der Waals surface area (Å²) in [7, 11) is 0. The van der Waals surface area contributed by atoms with Gasteiger partial charge in [-0.15, -0.1) is 0 Å². The lowest BCUT2D eigenvalue weighted by molar-refractivity contribution is -0.143. The smallest absolute Gasteiger partial charge is 0.305 e. The van der Waals surface area contributed by atoms with Gasteiger partial charge in [0.15, 0.2) is 5.11 Å². The summed E-state index contributed by atoms with van der Waals surface area (Å²) in [5, 5.41) is 17.5. The van der Waals surface area contributed by atoms with Gasteiger partial charge in [0.05, 0.1) is 12.8 Å². The lowest BCUT2D eigenvalue weighted by atomic mass is 9.94. The summed E-state index contributed by atoms with van der Waals surface area (Å²) >= 11 is 5.13. The first-order valence-electron chi connectivity index (χ1n) is 7.48. The zero-order chi connectivity index (χ0) is 18.6. The molecule has 132 valence electrons. The molecule has 0 radical (unpaired) electrons. The Balaban J connectivity index is 2.36. The monoisotopic (exact) mass is 364 g/mol. The van der Waals surface area contributed by atoms with Crippen LogP contribution in [0.3, 0.4) is 0 Å². The lowest BCUT2D eigenvalue weighted by Crippen LogP contribution is -2.59. The third kappa shape index (κ3) is 4.18. The molecule has 1 aromatic rings. The van der Waals surface area contributed by atoms with E-state index >= 15 is 0 Å². The number of thiocarbonyl (C=S) groups is 1. The summed E-state index contributed by atoms with van der Waals surface area (Å²) in [5.41, 5.74) is 0.445. The number of amides is 2. The maximum absolute atomic E-state index is 12.7. The van der Waals surface area contributed by atoms with Gasteiger partial charge in [-0.05, 0) is 17.8 Å². The highest BCUT2D eigenvalue weighted by Crippen LogP contribution is 2.27. The van der Waals surface area contributed by atoms with Gasteiger partial charge in [-0.3, -0.25) is 29.0 Å². The molecule has 2 amide bonds. The van der Waals surface area contributed by atoms with E-state index < -0.39 is 29.7 Å². The van der Waals surface area contributed by atoms with Crippen LogP contribution >= 0.6 is 12.2 Å². The van der Waals surface area contributed by atoms with E-state index in [1.54, 1.807) is 30.3 Å². The second-order valence-corrected chi connectivity index (χ2v) is 5.76. The molecular weight excluding hydrogens is 348 g/mol.